The number of imidazole rings is 1. The molecule has 0 aliphatic rings. The van der Waals surface area contributed by atoms with Gasteiger partial charge in [-0.2, -0.15) is 0 Å². The number of aromatic amines is 1. The molecule has 5 heteroatoms. The lowest BCUT2D eigenvalue weighted by molar-refractivity contribution is -0.135. The minimum atomic E-state index is -0.133. The fourth-order valence-electron chi connectivity index (χ4n) is 2.04. The summed E-state index contributed by atoms with van der Waals surface area (Å²) in [4.78, 5) is 21.5. The summed E-state index contributed by atoms with van der Waals surface area (Å²) in [6.45, 7) is 7.48. The molecule has 0 saturated carbocycles. The fraction of sp³-hybridized carbons (Fsp3) is 0.692. The zero-order valence-corrected chi connectivity index (χ0v) is 11.7. The van der Waals surface area contributed by atoms with E-state index in [0.717, 1.165) is 18.8 Å². The van der Waals surface area contributed by atoms with Crippen LogP contribution in [-0.2, 0) is 11.3 Å². The van der Waals surface area contributed by atoms with E-state index >= 15 is 0 Å². The summed E-state index contributed by atoms with van der Waals surface area (Å²) in [5.41, 5.74) is 0. The van der Waals surface area contributed by atoms with Gasteiger partial charge in [-0.3, -0.25) is 4.79 Å². The standard InChI is InChI=1S/C13H24N4O/c1-5-8-17(9-11-15-6-7-16-11)13(18)12(14-4)10(2)3/h6-7,10,12,14H,5,8-9H2,1-4H3,(H,15,16). The molecule has 0 fully saturated rings. The van der Waals surface area contributed by atoms with Crippen molar-refractivity contribution in [3.05, 3.63) is 18.2 Å². The molecule has 1 unspecified atom stereocenters. The molecule has 18 heavy (non-hydrogen) atoms. The van der Waals surface area contributed by atoms with Crippen LogP contribution in [-0.4, -0.2) is 40.4 Å². The summed E-state index contributed by atoms with van der Waals surface area (Å²) >= 11 is 0. The highest BCUT2D eigenvalue weighted by molar-refractivity contribution is 5.82. The fourth-order valence-corrected chi connectivity index (χ4v) is 2.04. The van der Waals surface area contributed by atoms with Gasteiger partial charge in [-0.15, -0.1) is 0 Å². The zero-order chi connectivity index (χ0) is 13.5. The quantitative estimate of drug-likeness (QED) is 0.771. The van der Waals surface area contributed by atoms with Gasteiger partial charge >= 0.3 is 0 Å². The highest BCUT2D eigenvalue weighted by Crippen LogP contribution is 2.09. The molecular formula is C13H24N4O. The minimum absolute atomic E-state index is 0.133. The maximum Gasteiger partial charge on any atom is 0.240 e. The van der Waals surface area contributed by atoms with Crippen molar-refractivity contribution in [2.24, 2.45) is 5.92 Å². The molecule has 1 heterocycles. The zero-order valence-electron chi connectivity index (χ0n) is 11.7. The van der Waals surface area contributed by atoms with Gasteiger partial charge in [0.1, 0.15) is 5.82 Å². The number of carbonyl (C=O) groups excluding carboxylic acids is 1. The Morgan fingerprint density at radius 3 is 2.72 bits per heavy atom. The SMILES string of the molecule is CCCN(Cc1ncc[nH]1)C(=O)C(NC)C(C)C. The van der Waals surface area contributed by atoms with Crippen molar-refractivity contribution in [2.75, 3.05) is 13.6 Å². The van der Waals surface area contributed by atoms with Gasteiger partial charge in [0.15, 0.2) is 0 Å². The number of hydrogen-bond acceptors (Lipinski definition) is 3. The lowest BCUT2D eigenvalue weighted by atomic mass is 10.0. The average Bonchev–Trinajstić information content (AvgIpc) is 2.81. The lowest BCUT2D eigenvalue weighted by Crippen LogP contribution is -2.48. The molecule has 0 bridgehead atoms. The molecular weight excluding hydrogens is 228 g/mol. The Labute approximate surface area is 109 Å². The third-order valence-electron chi connectivity index (χ3n) is 2.94. The number of nitrogens with zero attached hydrogens (tertiary/aromatic N) is 2. The highest BCUT2D eigenvalue weighted by Gasteiger charge is 2.25. The molecule has 1 aromatic rings. The normalized spacial score (nSPS) is 12.7. The Kier molecular flexibility index (Phi) is 5.85. The summed E-state index contributed by atoms with van der Waals surface area (Å²) in [5.74, 6) is 1.25. The van der Waals surface area contributed by atoms with Crippen molar-refractivity contribution in [3.8, 4) is 0 Å². The number of rotatable bonds is 7. The first-order chi connectivity index (χ1) is 8.60. The van der Waals surface area contributed by atoms with E-state index < -0.39 is 0 Å². The lowest BCUT2D eigenvalue weighted by Gasteiger charge is -2.28. The second-order valence-electron chi connectivity index (χ2n) is 4.81. The Balaban J connectivity index is 2.73. The van der Waals surface area contributed by atoms with Crippen molar-refractivity contribution in [3.63, 3.8) is 0 Å². The first-order valence-electron chi connectivity index (χ1n) is 6.54. The van der Waals surface area contributed by atoms with Crippen LogP contribution in [0.25, 0.3) is 0 Å². The van der Waals surface area contributed by atoms with E-state index in [1.165, 1.54) is 0 Å². The number of amides is 1. The van der Waals surface area contributed by atoms with Gasteiger partial charge in [0, 0.05) is 18.9 Å². The molecule has 2 N–H and O–H groups in total. The van der Waals surface area contributed by atoms with Gasteiger partial charge in [0.2, 0.25) is 5.91 Å². The van der Waals surface area contributed by atoms with Gasteiger partial charge in [-0.25, -0.2) is 4.98 Å². The van der Waals surface area contributed by atoms with Crippen LogP contribution in [0.5, 0.6) is 0 Å². The van der Waals surface area contributed by atoms with Crippen molar-refractivity contribution in [1.29, 1.82) is 0 Å². The van der Waals surface area contributed by atoms with E-state index in [4.69, 9.17) is 0 Å². The van der Waals surface area contributed by atoms with Gasteiger partial charge in [0.25, 0.3) is 0 Å². The van der Waals surface area contributed by atoms with Crippen molar-refractivity contribution >= 4 is 5.91 Å². The van der Waals surface area contributed by atoms with E-state index in [2.05, 4.69) is 36.1 Å². The molecule has 1 rings (SSSR count). The number of aromatic nitrogens is 2. The predicted molar refractivity (Wildman–Crippen MR) is 72.0 cm³/mol. The predicted octanol–water partition coefficient (Wildman–Crippen LogP) is 1.39. The van der Waals surface area contributed by atoms with Crippen LogP contribution in [0.2, 0.25) is 0 Å². The van der Waals surface area contributed by atoms with Crippen LogP contribution in [0, 0.1) is 5.92 Å². The first kappa shape index (κ1) is 14.7. The van der Waals surface area contributed by atoms with Crippen molar-refractivity contribution in [1.82, 2.24) is 20.2 Å². The largest absolute Gasteiger partial charge is 0.347 e. The molecule has 0 radical (unpaired) electrons. The van der Waals surface area contributed by atoms with E-state index in [1.54, 1.807) is 12.4 Å². The van der Waals surface area contributed by atoms with E-state index in [-0.39, 0.29) is 17.9 Å². The third kappa shape index (κ3) is 3.84. The van der Waals surface area contributed by atoms with Gasteiger partial charge in [0.05, 0.1) is 12.6 Å². The Hall–Kier alpha value is -1.36. The Bertz CT molecular complexity index is 348. The number of H-pyrrole nitrogens is 1. The second-order valence-corrected chi connectivity index (χ2v) is 4.81. The molecule has 1 amide bonds. The van der Waals surface area contributed by atoms with Gasteiger partial charge < -0.3 is 15.2 Å². The Morgan fingerprint density at radius 2 is 2.28 bits per heavy atom. The number of hydrogen-bond donors (Lipinski definition) is 2. The number of likely N-dealkylation sites (N-methyl/N-ethyl adjacent to an activating group) is 1. The summed E-state index contributed by atoms with van der Waals surface area (Å²) in [5, 5.41) is 3.10. The van der Waals surface area contributed by atoms with Crippen LogP contribution in [0.4, 0.5) is 0 Å². The summed E-state index contributed by atoms with van der Waals surface area (Å²) < 4.78 is 0. The minimum Gasteiger partial charge on any atom is -0.347 e. The second kappa shape index (κ2) is 7.16. The van der Waals surface area contributed by atoms with E-state index in [0.29, 0.717) is 6.54 Å². The van der Waals surface area contributed by atoms with Crippen LogP contribution in [0.3, 0.4) is 0 Å². The average molecular weight is 252 g/mol. The van der Waals surface area contributed by atoms with Crippen molar-refractivity contribution < 1.29 is 4.79 Å². The molecule has 0 saturated heterocycles. The van der Waals surface area contributed by atoms with Crippen LogP contribution in [0.1, 0.15) is 33.0 Å². The van der Waals surface area contributed by atoms with Crippen molar-refractivity contribution in [2.45, 2.75) is 39.8 Å². The highest BCUT2D eigenvalue weighted by atomic mass is 16.2. The topological polar surface area (TPSA) is 61.0 Å². The molecule has 0 aromatic carbocycles. The summed E-state index contributed by atoms with van der Waals surface area (Å²) in [6.07, 6.45) is 4.44. The molecule has 102 valence electrons. The van der Waals surface area contributed by atoms with Crippen LogP contribution >= 0.6 is 0 Å². The number of nitrogens with one attached hydrogen (secondary N) is 2. The smallest absolute Gasteiger partial charge is 0.240 e. The van der Waals surface area contributed by atoms with E-state index in [1.807, 2.05) is 11.9 Å². The van der Waals surface area contributed by atoms with Gasteiger partial charge in [-0.05, 0) is 19.4 Å². The first-order valence-corrected chi connectivity index (χ1v) is 6.54. The maximum absolute atomic E-state index is 12.5. The Morgan fingerprint density at radius 1 is 1.56 bits per heavy atom. The molecule has 0 spiro atoms. The monoisotopic (exact) mass is 252 g/mol. The summed E-state index contributed by atoms with van der Waals surface area (Å²) in [6, 6.07) is -0.133. The van der Waals surface area contributed by atoms with Gasteiger partial charge in [-0.1, -0.05) is 20.8 Å². The molecule has 1 aromatic heterocycles. The van der Waals surface area contributed by atoms with Crippen LogP contribution in [0.15, 0.2) is 12.4 Å². The maximum atomic E-state index is 12.5. The molecule has 0 aliphatic heterocycles. The molecule has 0 aliphatic carbocycles. The molecule has 1 atom stereocenters. The third-order valence-corrected chi connectivity index (χ3v) is 2.94. The van der Waals surface area contributed by atoms with Crippen LogP contribution < -0.4 is 5.32 Å². The summed E-state index contributed by atoms with van der Waals surface area (Å²) in [7, 11) is 1.83. The number of carbonyl (C=O) groups is 1. The molecule has 5 nitrogen and oxygen atoms in total. The van der Waals surface area contributed by atoms with E-state index in [9.17, 15) is 4.79 Å².